The van der Waals surface area contributed by atoms with Gasteiger partial charge >= 0.3 is 0 Å². The highest BCUT2D eigenvalue weighted by Gasteiger charge is 2.31. The third-order valence-electron chi connectivity index (χ3n) is 5.02. The average molecular weight is 355 g/mol. The predicted octanol–water partition coefficient (Wildman–Crippen LogP) is 2.34. The maximum Gasteiger partial charge on any atom is 0.225 e. The van der Waals surface area contributed by atoms with Gasteiger partial charge in [0.1, 0.15) is 11.5 Å². The lowest BCUT2D eigenvalue weighted by Gasteiger charge is -2.21. The highest BCUT2D eigenvalue weighted by molar-refractivity contribution is 5.85. The van der Waals surface area contributed by atoms with E-state index in [1.807, 2.05) is 29.2 Å². The van der Waals surface area contributed by atoms with Gasteiger partial charge in [0.05, 0.1) is 20.1 Å². The van der Waals surface area contributed by atoms with Crippen LogP contribution in [0.1, 0.15) is 19.3 Å². The van der Waals surface area contributed by atoms with Crippen LogP contribution in [-0.2, 0) is 4.79 Å². The van der Waals surface area contributed by atoms with Gasteiger partial charge in [-0.1, -0.05) is 0 Å². The summed E-state index contributed by atoms with van der Waals surface area (Å²) in [5, 5.41) is 3.46. The van der Waals surface area contributed by atoms with Crippen molar-refractivity contribution < 1.29 is 14.3 Å². The van der Waals surface area contributed by atoms with E-state index in [0.29, 0.717) is 13.0 Å². The Morgan fingerprint density at radius 1 is 1.12 bits per heavy atom. The predicted molar refractivity (Wildman–Crippen MR) is 96.0 cm³/mol. The van der Waals surface area contributed by atoms with Gasteiger partial charge in [-0.15, -0.1) is 12.4 Å². The van der Waals surface area contributed by atoms with Gasteiger partial charge in [-0.2, -0.15) is 0 Å². The average Bonchev–Trinajstić information content (AvgIpc) is 2.93. The molecule has 1 amide bonds. The number of amides is 1. The summed E-state index contributed by atoms with van der Waals surface area (Å²) in [5.41, 5.74) is 0. The fourth-order valence-corrected chi connectivity index (χ4v) is 3.55. The second kappa shape index (κ2) is 9.14. The van der Waals surface area contributed by atoms with Crippen molar-refractivity contribution in [1.29, 1.82) is 0 Å². The molecule has 0 aromatic heterocycles. The van der Waals surface area contributed by atoms with E-state index in [2.05, 4.69) is 5.32 Å². The van der Waals surface area contributed by atoms with Gasteiger partial charge in [0.2, 0.25) is 5.91 Å². The molecule has 3 rings (SSSR count). The fraction of sp³-hybridized carbons (Fsp3) is 0.611. The Bertz CT molecular complexity index is 510. The molecule has 5 nitrogen and oxygen atoms in total. The van der Waals surface area contributed by atoms with Crippen molar-refractivity contribution in [2.75, 3.05) is 39.9 Å². The number of benzene rings is 1. The molecule has 2 aliphatic heterocycles. The number of ether oxygens (including phenoxy) is 2. The molecule has 2 saturated heterocycles. The number of likely N-dealkylation sites (tertiary alicyclic amines) is 1. The Morgan fingerprint density at radius 2 is 1.71 bits per heavy atom. The number of carbonyl (C=O) groups excluding carboxylic acids is 1. The van der Waals surface area contributed by atoms with Crippen molar-refractivity contribution in [2.45, 2.75) is 19.3 Å². The number of halogens is 1. The normalized spacial score (nSPS) is 23.0. The number of methoxy groups -OCH3 is 1. The number of hydrogen-bond acceptors (Lipinski definition) is 4. The van der Waals surface area contributed by atoms with Crippen LogP contribution in [0.4, 0.5) is 0 Å². The van der Waals surface area contributed by atoms with Gasteiger partial charge in [0, 0.05) is 13.1 Å². The first kappa shape index (κ1) is 18.9. The fourth-order valence-electron chi connectivity index (χ4n) is 3.55. The maximum absolute atomic E-state index is 12.4. The Hall–Kier alpha value is -1.46. The molecule has 6 heteroatoms. The van der Waals surface area contributed by atoms with E-state index < -0.39 is 0 Å². The van der Waals surface area contributed by atoms with Crippen molar-refractivity contribution in [3.63, 3.8) is 0 Å². The second-order valence-electron chi connectivity index (χ2n) is 6.41. The van der Waals surface area contributed by atoms with Gasteiger partial charge < -0.3 is 19.7 Å². The van der Waals surface area contributed by atoms with Gasteiger partial charge in [-0.3, -0.25) is 4.79 Å². The van der Waals surface area contributed by atoms with E-state index in [1.165, 1.54) is 0 Å². The molecular formula is C18H27ClN2O3. The quantitative estimate of drug-likeness (QED) is 0.881. The van der Waals surface area contributed by atoms with E-state index in [1.54, 1.807) is 7.11 Å². The van der Waals surface area contributed by atoms with Crippen LogP contribution in [-0.4, -0.2) is 50.7 Å². The Morgan fingerprint density at radius 3 is 2.29 bits per heavy atom. The van der Waals surface area contributed by atoms with E-state index in [9.17, 15) is 4.79 Å². The molecule has 2 heterocycles. The number of carbonyl (C=O) groups is 1. The van der Waals surface area contributed by atoms with E-state index in [4.69, 9.17) is 9.47 Å². The molecule has 24 heavy (non-hydrogen) atoms. The number of fused-ring (bicyclic) bond motifs is 1. The third-order valence-corrected chi connectivity index (χ3v) is 5.02. The summed E-state index contributed by atoms with van der Waals surface area (Å²) >= 11 is 0. The Labute approximate surface area is 150 Å². The Kier molecular flexibility index (Phi) is 7.18. The number of rotatable bonds is 5. The monoisotopic (exact) mass is 354 g/mol. The minimum atomic E-state index is 0. The summed E-state index contributed by atoms with van der Waals surface area (Å²) in [6.07, 6.45) is 2.70. The number of nitrogens with one attached hydrogen (secondary N) is 1. The molecule has 2 atom stereocenters. The van der Waals surface area contributed by atoms with Crippen LogP contribution >= 0.6 is 12.4 Å². The molecule has 1 N–H and O–H groups in total. The van der Waals surface area contributed by atoms with Crippen LogP contribution in [0.5, 0.6) is 11.5 Å². The van der Waals surface area contributed by atoms with Crippen LogP contribution in [0.3, 0.4) is 0 Å². The SMILES string of the molecule is COc1ccc(OCCC(=O)N2CC[C@@H]3CNC[C@@H]3CC2)cc1.Cl. The molecule has 1 aromatic rings. The van der Waals surface area contributed by atoms with Gasteiger partial charge in [-0.25, -0.2) is 0 Å². The summed E-state index contributed by atoms with van der Waals surface area (Å²) < 4.78 is 10.8. The van der Waals surface area contributed by atoms with Gasteiger partial charge in [0.25, 0.3) is 0 Å². The van der Waals surface area contributed by atoms with Crippen LogP contribution in [0.2, 0.25) is 0 Å². The summed E-state index contributed by atoms with van der Waals surface area (Å²) in [6, 6.07) is 7.45. The lowest BCUT2D eigenvalue weighted by Crippen LogP contribution is -2.33. The molecule has 0 unspecified atom stereocenters. The molecule has 134 valence electrons. The topological polar surface area (TPSA) is 50.8 Å². The summed E-state index contributed by atoms with van der Waals surface area (Å²) in [6.45, 7) is 4.45. The first-order chi connectivity index (χ1) is 11.3. The molecule has 0 radical (unpaired) electrons. The highest BCUT2D eigenvalue weighted by atomic mass is 35.5. The zero-order valence-electron chi connectivity index (χ0n) is 14.2. The molecule has 2 fully saturated rings. The minimum Gasteiger partial charge on any atom is -0.497 e. The molecular weight excluding hydrogens is 328 g/mol. The van der Waals surface area contributed by atoms with E-state index in [0.717, 1.165) is 62.4 Å². The lowest BCUT2D eigenvalue weighted by molar-refractivity contribution is -0.131. The lowest BCUT2D eigenvalue weighted by atomic mass is 9.92. The van der Waals surface area contributed by atoms with E-state index in [-0.39, 0.29) is 18.3 Å². The molecule has 0 saturated carbocycles. The van der Waals surface area contributed by atoms with Crippen LogP contribution in [0, 0.1) is 11.8 Å². The molecule has 0 spiro atoms. The minimum absolute atomic E-state index is 0. The molecule has 0 aliphatic carbocycles. The van der Waals surface area contributed by atoms with Crippen LogP contribution in [0.15, 0.2) is 24.3 Å². The zero-order valence-corrected chi connectivity index (χ0v) is 15.0. The Balaban J connectivity index is 0.00000208. The smallest absolute Gasteiger partial charge is 0.225 e. The second-order valence-corrected chi connectivity index (χ2v) is 6.41. The highest BCUT2D eigenvalue weighted by Crippen LogP contribution is 2.27. The summed E-state index contributed by atoms with van der Waals surface area (Å²) in [4.78, 5) is 14.4. The van der Waals surface area contributed by atoms with Crippen LogP contribution < -0.4 is 14.8 Å². The van der Waals surface area contributed by atoms with Crippen LogP contribution in [0.25, 0.3) is 0 Å². The number of nitrogens with zero attached hydrogens (tertiary/aromatic N) is 1. The first-order valence-corrected chi connectivity index (χ1v) is 8.51. The van der Waals surface area contributed by atoms with Crippen molar-refractivity contribution in [3.8, 4) is 11.5 Å². The largest absolute Gasteiger partial charge is 0.497 e. The maximum atomic E-state index is 12.4. The molecule has 0 bridgehead atoms. The first-order valence-electron chi connectivity index (χ1n) is 8.51. The molecule has 2 aliphatic rings. The van der Waals surface area contributed by atoms with Crippen molar-refractivity contribution in [2.24, 2.45) is 11.8 Å². The van der Waals surface area contributed by atoms with Crippen molar-refractivity contribution in [3.05, 3.63) is 24.3 Å². The van der Waals surface area contributed by atoms with E-state index >= 15 is 0 Å². The summed E-state index contributed by atoms with van der Waals surface area (Å²) in [5.74, 6) is 3.30. The number of hydrogen-bond donors (Lipinski definition) is 1. The van der Waals surface area contributed by atoms with Gasteiger partial charge in [0.15, 0.2) is 0 Å². The summed E-state index contributed by atoms with van der Waals surface area (Å²) in [7, 11) is 1.64. The third kappa shape index (κ3) is 4.77. The van der Waals surface area contributed by atoms with Crippen molar-refractivity contribution >= 4 is 18.3 Å². The van der Waals surface area contributed by atoms with Gasteiger partial charge in [-0.05, 0) is 62.0 Å². The standard InChI is InChI=1S/C18H26N2O3.ClH/c1-22-16-2-4-17(5-3-16)23-11-8-18(21)20-9-6-14-12-19-13-15(14)7-10-20;/h2-5,14-15,19H,6-13H2,1H3;1H/t14-,15+;. The van der Waals surface area contributed by atoms with Crippen molar-refractivity contribution in [1.82, 2.24) is 10.2 Å². The molecule has 1 aromatic carbocycles. The zero-order chi connectivity index (χ0) is 16.1.